The summed E-state index contributed by atoms with van der Waals surface area (Å²) < 4.78 is 33.7. The maximum atomic E-state index is 13.9. The monoisotopic (exact) mass is 1810 g/mol. The third-order valence-corrected chi connectivity index (χ3v) is 30.0. The molecule has 10 aliphatic heterocycles. The quantitative estimate of drug-likeness (QED) is 0.0795. The average molecular weight is 1810 g/mol. The van der Waals surface area contributed by atoms with Crippen molar-refractivity contribution in [1.82, 2.24) is 58.1 Å². The SMILES string of the molecule is CNc1nccc(C2=NCc3nc(N4CCC5(CC4)CO[C@@H](C)[C@H]5N)n(C)c(=O)c32)c1Br.C[C@@H]1OCC2(CCN(c3nc4c(c(=O)n3C)C(c3ccnc(Br)c3)=NC4)CC2)[C@@H]1N.C[C@H]1C[C@@H](N)C2(CCN(c3nc4c(c(=O)n3C)C(c3ccncc3)=NC4)CC2)C1.Cn1c(N2CCC3(CC2)C[C@H](F)C[C@H]3N)nc2c(c1=O)C(c1ccnc(N)c1Cl)=NC2. The van der Waals surface area contributed by atoms with Crippen molar-refractivity contribution in [2.75, 3.05) is 103 Å². The van der Waals surface area contributed by atoms with Crippen molar-refractivity contribution in [1.29, 1.82) is 0 Å². The molecule has 8 aromatic heterocycles. The zero-order chi connectivity index (χ0) is 85.8. The van der Waals surface area contributed by atoms with E-state index >= 15 is 0 Å². The van der Waals surface area contributed by atoms with Crippen LogP contribution >= 0.6 is 43.5 Å². The summed E-state index contributed by atoms with van der Waals surface area (Å²) in [7, 11) is 8.93. The number of fused-ring (bicyclic) bond motifs is 4. The first-order valence-corrected chi connectivity index (χ1v) is 44.2. The van der Waals surface area contributed by atoms with Gasteiger partial charge in [-0.3, -0.25) is 62.4 Å². The zero-order valence-electron chi connectivity index (χ0n) is 70.1. The molecule has 36 heteroatoms. The Balaban J connectivity index is 0.000000116. The van der Waals surface area contributed by atoms with Gasteiger partial charge in [0.05, 0.1) is 129 Å². The molecule has 6 saturated heterocycles. The number of pyridine rings is 4. The van der Waals surface area contributed by atoms with E-state index in [1.165, 1.54) is 6.42 Å². The smallest absolute Gasteiger partial charge is 0.264 e. The molecule has 0 unspecified atom stereocenters. The first kappa shape index (κ1) is 84.7. The van der Waals surface area contributed by atoms with Gasteiger partial charge in [-0.15, -0.1) is 0 Å². The number of anilines is 6. The van der Waals surface area contributed by atoms with Gasteiger partial charge in [0.15, 0.2) is 0 Å². The number of nitrogen functional groups attached to an aromatic ring is 1. The summed E-state index contributed by atoms with van der Waals surface area (Å²) in [5.41, 5.74) is 42.2. The molecule has 18 heterocycles. The van der Waals surface area contributed by atoms with Crippen LogP contribution < -0.4 is 75.8 Å². The molecule has 2 saturated carbocycles. The standard InChI is InChI=1S/C22H28BrN7O2.C22H28N6O.C21H25BrN6O2.C21H25ClFN7O/c1-12-18(24)22(11-32-12)5-8-30(9-6-22)21-28-14-10-27-17(15(14)20(31)29(21)3)13-4-7-26-19(25-2)16(13)23;1-14-11-17(23)22(12-14)5-9-28(10-6-22)21-26-16-13-25-19(15-3-7-24-8-4-15)18(16)20(29)27(21)2;1-12-18(23)21(11-30-12)4-7-28(8-5-21)20-26-14-10-25-17(16(14)19(29)27(20)2)13-3-6-24-15(22)9-13;1-29-19(31)15-13(10-27-17(15)12-2-5-26-18(25)16(12)22)28-20(29)30-6-3-21(4-7-30)9-11(23)8-14(21)24/h4,7,12,18H,5-6,8-11,24H2,1-3H3,(H,25,26);3-4,7-8,14,17H,5-6,9-13,23H2,1-2H3;3,6,9,12,18H,4-5,7-8,10-11,23H2,1-2H3;2,5,11,14H,3-4,6-10,24H2,1H3,(H2,25,26)/t12-,18+;14-,17+;12-,18+;11-,14-/m0001/s1. The second kappa shape index (κ2) is 33.6. The van der Waals surface area contributed by atoms with E-state index in [-0.39, 0.29) is 85.1 Å². The van der Waals surface area contributed by atoms with Crippen molar-refractivity contribution in [3.63, 3.8) is 0 Å². The second-order valence-corrected chi connectivity index (χ2v) is 37.2. The molecule has 8 fully saturated rings. The highest BCUT2D eigenvalue weighted by Crippen LogP contribution is 2.50. The predicted octanol–water partition coefficient (Wildman–Crippen LogP) is 6.96. The van der Waals surface area contributed by atoms with E-state index in [0.29, 0.717) is 150 Å². The molecule has 8 atom stereocenters. The first-order chi connectivity index (χ1) is 58.5. The Kier molecular flexibility index (Phi) is 23.3. The molecule has 122 heavy (non-hydrogen) atoms. The topological polar surface area (TPSA) is 414 Å². The second-order valence-electron chi connectivity index (χ2n) is 35.3. The number of nitrogens with one attached hydrogen (secondary N) is 1. The van der Waals surface area contributed by atoms with Crippen LogP contribution in [0.2, 0.25) is 5.02 Å². The van der Waals surface area contributed by atoms with Gasteiger partial charge >= 0.3 is 0 Å². The minimum absolute atomic E-state index is 0.0236. The van der Waals surface area contributed by atoms with Gasteiger partial charge in [-0.25, -0.2) is 39.3 Å². The van der Waals surface area contributed by atoms with Crippen LogP contribution in [0.15, 0.2) is 116 Å². The first-order valence-electron chi connectivity index (χ1n) is 42.3. The molecule has 0 radical (unpaired) electrons. The van der Waals surface area contributed by atoms with Crippen molar-refractivity contribution < 1.29 is 13.9 Å². The summed E-state index contributed by atoms with van der Waals surface area (Å²) in [5, 5.41) is 3.33. The summed E-state index contributed by atoms with van der Waals surface area (Å²) in [6.07, 6.45) is 18.6. The Morgan fingerprint density at radius 3 is 1.25 bits per heavy atom. The molecule has 12 aliphatic rings. The molecule has 0 bridgehead atoms. The van der Waals surface area contributed by atoms with Gasteiger partial charge in [-0.05, 0) is 176 Å². The fraction of sp³-hybridized carbons (Fsp3) is 0.535. The number of alkyl halides is 1. The van der Waals surface area contributed by atoms with Gasteiger partial charge in [0.1, 0.15) is 22.4 Å². The Morgan fingerprint density at radius 2 is 0.852 bits per heavy atom. The number of nitrogens with zero attached hydrogens (tertiary/aromatic N) is 20. The van der Waals surface area contributed by atoms with E-state index in [9.17, 15) is 23.6 Å². The summed E-state index contributed by atoms with van der Waals surface area (Å²) in [6, 6.07) is 11.4. The fourth-order valence-corrected chi connectivity index (χ4v) is 22.1. The number of piperidine rings is 4. The van der Waals surface area contributed by atoms with Crippen LogP contribution in [0.4, 0.5) is 39.8 Å². The molecule has 20 rings (SSSR count). The number of ether oxygens (including phenoxy) is 2. The molecule has 644 valence electrons. The van der Waals surface area contributed by atoms with E-state index in [2.05, 4.69) is 117 Å². The lowest BCUT2D eigenvalue weighted by molar-refractivity contribution is 0.0972. The van der Waals surface area contributed by atoms with Crippen LogP contribution in [-0.4, -0.2) is 196 Å². The van der Waals surface area contributed by atoms with Gasteiger partial charge in [0.2, 0.25) is 23.8 Å². The number of hydrogen-bond donors (Lipinski definition) is 6. The summed E-state index contributed by atoms with van der Waals surface area (Å²) >= 11 is 13.3. The lowest BCUT2D eigenvalue weighted by Crippen LogP contribution is -2.51. The van der Waals surface area contributed by atoms with Gasteiger partial charge in [0, 0.05) is 176 Å². The molecule has 8 aromatic rings. The van der Waals surface area contributed by atoms with E-state index < -0.39 is 6.17 Å². The maximum absolute atomic E-state index is 13.9. The van der Waals surface area contributed by atoms with Crippen molar-refractivity contribution >= 4 is 102 Å². The highest BCUT2D eigenvalue weighted by molar-refractivity contribution is 9.10. The predicted molar refractivity (Wildman–Crippen MR) is 477 cm³/mol. The molecule has 11 N–H and O–H groups in total. The largest absolute Gasteiger partial charge is 0.382 e. The molecular weight excluding hydrogens is 1710 g/mol. The number of aliphatic imine (C=N–C) groups is 4. The summed E-state index contributed by atoms with van der Waals surface area (Å²) in [4.78, 5) is 116. The Labute approximate surface area is 727 Å². The van der Waals surface area contributed by atoms with E-state index in [1.807, 2.05) is 44.4 Å². The highest BCUT2D eigenvalue weighted by Gasteiger charge is 2.52. The van der Waals surface area contributed by atoms with Crippen molar-refractivity contribution in [2.24, 2.45) is 98.7 Å². The van der Waals surface area contributed by atoms with Gasteiger partial charge in [-0.2, -0.15) is 0 Å². The Bertz CT molecular complexity index is 5810. The zero-order valence-corrected chi connectivity index (χ0v) is 74.1. The molecule has 0 aromatic carbocycles. The maximum Gasteiger partial charge on any atom is 0.264 e. The van der Waals surface area contributed by atoms with Gasteiger partial charge in [-0.1, -0.05) is 18.5 Å². The van der Waals surface area contributed by atoms with E-state index in [0.717, 1.165) is 154 Å². The Hall–Kier alpha value is -9.46. The fourth-order valence-electron chi connectivity index (χ4n) is 20.9. The number of halogens is 4. The van der Waals surface area contributed by atoms with Crippen molar-refractivity contribution in [3.8, 4) is 0 Å². The average Bonchev–Trinajstić information content (AvgIpc) is 1.56. The third kappa shape index (κ3) is 15.1. The molecule has 2 aliphatic carbocycles. The van der Waals surface area contributed by atoms with Gasteiger partial charge < -0.3 is 63.1 Å². The van der Waals surface area contributed by atoms with E-state index in [1.54, 1.807) is 76.5 Å². The molecular formula is C86H106Br2ClFN26O6. The highest BCUT2D eigenvalue weighted by atomic mass is 79.9. The molecule has 4 spiro atoms. The van der Waals surface area contributed by atoms with Crippen LogP contribution in [0.1, 0.15) is 165 Å². The van der Waals surface area contributed by atoms with Crippen LogP contribution in [-0.2, 0) is 63.8 Å². The number of hydrogen-bond acceptors (Lipinski definition) is 28. The molecule has 32 nitrogen and oxygen atoms in total. The molecule has 0 amide bonds. The number of nitrogens with two attached hydrogens (primary N) is 5. The van der Waals surface area contributed by atoms with Crippen LogP contribution in [0, 0.1) is 27.6 Å². The summed E-state index contributed by atoms with van der Waals surface area (Å²) in [6.45, 7) is 15.8. The van der Waals surface area contributed by atoms with Crippen LogP contribution in [0.5, 0.6) is 0 Å². The third-order valence-electron chi connectivity index (χ3n) is 28.4. The Morgan fingerprint density at radius 1 is 0.484 bits per heavy atom. The van der Waals surface area contributed by atoms with Gasteiger partial charge in [0.25, 0.3) is 22.2 Å². The normalized spacial score (nSPS) is 24.7. The minimum atomic E-state index is -0.811. The number of rotatable bonds is 9. The van der Waals surface area contributed by atoms with Crippen molar-refractivity contribution in [2.45, 2.75) is 167 Å². The van der Waals surface area contributed by atoms with Crippen molar-refractivity contribution in [3.05, 3.63) is 190 Å². The summed E-state index contributed by atoms with van der Waals surface area (Å²) in [5.74, 6) is 4.38. The van der Waals surface area contributed by atoms with Crippen LogP contribution in [0.3, 0.4) is 0 Å². The van der Waals surface area contributed by atoms with E-state index in [4.69, 9.17) is 69.7 Å². The van der Waals surface area contributed by atoms with Crippen LogP contribution in [0.25, 0.3) is 0 Å². The lowest BCUT2D eigenvalue weighted by atomic mass is 9.73. The minimum Gasteiger partial charge on any atom is -0.382 e. The number of aromatic nitrogens is 12. The lowest BCUT2D eigenvalue weighted by Gasteiger charge is -2.42.